The zero-order valence-corrected chi connectivity index (χ0v) is 11.7. The van der Waals surface area contributed by atoms with E-state index in [1.165, 1.54) is 0 Å². The van der Waals surface area contributed by atoms with Gasteiger partial charge in [-0.3, -0.25) is 0 Å². The lowest BCUT2D eigenvalue weighted by atomic mass is 9.67. The number of hydrogen-bond donors (Lipinski definition) is 2. The van der Waals surface area contributed by atoms with Gasteiger partial charge in [0.05, 0.1) is 5.60 Å². The molecule has 1 aromatic rings. The van der Waals surface area contributed by atoms with Gasteiger partial charge in [-0.25, -0.2) is 0 Å². The van der Waals surface area contributed by atoms with Gasteiger partial charge in [-0.15, -0.1) is 12.4 Å². The third-order valence-electron chi connectivity index (χ3n) is 3.67. The van der Waals surface area contributed by atoms with Crippen LogP contribution in [0.15, 0.2) is 24.3 Å². The van der Waals surface area contributed by atoms with Crippen molar-refractivity contribution in [3.05, 3.63) is 34.9 Å². The molecule has 1 fully saturated rings. The van der Waals surface area contributed by atoms with E-state index in [0.29, 0.717) is 5.02 Å². The lowest BCUT2D eigenvalue weighted by Crippen LogP contribution is -2.53. The molecule has 96 valence electrons. The van der Waals surface area contributed by atoms with Crippen LogP contribution in [0.2, 0.25) is 5.02 Å². The molecule has 2 nitrogen and oxygen atoms in total. The molecule has 1 saturated heterocycles. The summed E-state index contributed by atoms with van der Waals surface area (Å²) in [4.78, 5) is 0. The average Bonchev–Trinajstić information content (AvgIpc) is 2.23. The quantitative estimate of drug-likeness (QED) is 0.826. The molecule has 4 heteroatoms. The Hall–Kier alpha value is -0.280. The summed E-state index contributed by atoms with van der Waals surface area (Å²) in [5.41, 5.74) is 0.0328. The highest BCUT2D eigenvalue weighted by Gasteiger charge is 2.46. The first-order valence-electron chi connectivity index (χ1n) is 5.65. The average molecular weight is 276 g/mol. The summed E-state index contributed by atoms with van der Waals surface area (Å²) in [6.45, 7) is 5.86. The molecule has 0 saturated carbocycles. The molecule has 0 aromatic heterocycles. The van der Waals surface area contributed by atoms with E-state index in [1.807, 2.05) is 24.3 Å². The second-order valence-electron chi connectivity index (χ2n) is 5.18. The van der Waals surface area contributed by atoms with Gasteiger partial charge in [-0.1, -0.05) is 37.6 Å². The highest BCUT2D eigenvalue weighted by atomic mass is 35.5. The molecule has 1 aromatic carbocycles. The summed E-state index contributed by atoms with van der Waals surface area (Å²) >= 11 is 5.87. The highest BCUT2D eigenvalue weighted by molar-refractivity contribution is 6.30. The summed E-state index contributed by atoms with van der Waals surface area (Å²) in [5, 5.41) is 14.9. The zero-order valence-electron chi connectivity index (χ0n) is 10.2. The molecule has 2 N–H and O–H groups in total. The van der Waals surface area contributed by atoms with Gasteiger partial charge >= 0.3 is 0 Å². The third kappa shape index (κ3) is 2.60. The maximum Gasteiger partial charge on any atom is 0.0971 e. The predicted molar refractivity (Wildman–Crippen MR) is 73.9 cm³/mol. The summed E-state index contributed by atoms with van der Waals surface area (Å²) in [6.07, 6.45) is 0.738. The predicted octanol–water partition coefficient (Wildman–Crippen LogP) is 2.97. The molecular weight excluding hydrogens is 257 g/mol. The Bertz CT molecular complexity index is 378. The van der Waals surface area contributed by atoms with Crippen LogP contribution in [0.25, 0.3) is 0 Å². The van der Waals surface area contributed by atoms with E-state index in [-0.39, 0.29) is 17.8 Å². The third-order valence-corrected chi connectivity index (χ3v) is 3.92. The van der Waals surface area contributed by atoms with Crippen molar-refractivity contribution in [2.45, 2.75) is 25.9 Å². The van der Waals surface area contributed by atoms with E-state index in [2.05, 4.69) is 19.2 Å². The molecule has 1 aliphatic heterocycles. The molecule has 17 heavy (non-hydrogen) atoms. The SMILES string of the molecule is CC1(C)CNCC[C@]1(O)c1ccc(Cl)cc1.Cl. The van der Waals surface area contributed by atoms with Crippen molar-refractivity contribution >= 4 is 24.0 Å². The molecule has 0 aliphatic carbocycles. The van der Waals surface area contributed by atoms with Crippen molar-refractivity contribution in [3.63, 3.8) is 0 Å². The Morgan fingerprint density at radius 1 is 1.24 bits per heavy atom. The van der Waals surface area contributed by atoms with Gasteiger partial charge in [0.1, 0.15) is 0 Å². The van der Waals surface area contributed by atoms with Crippen LogP contribution in [0.1, 0.15) is 25.8 Å². The molecule has 0 bridgehead atoms. The van der Waals surface area contributed by atoms with Gasteiger partial charge in [-0.2, -0.15) is 0 Å². The van der Waals surface area contributed by atoms with Crippen LogP contribution in [0.3, 0.4) is 0 Å². The molecule has 0 unspecified atom stereocenters. The number of aliphatic hydroxyl groups is 1. The van der Waals surface area contributed by atoms with E-state index in [0.717, 1.165) is 25.1 Å². The summed E-state index contributed by atoms with van der Waals surface area (Å²) in [6, 6.07) is 7.53. The topological polar surface area (TPSA) is 32.3 Å². The standard InChI is InChI=1S/C13H18ClNO.ClH/c1-12(2)9-15-8-7-13(12,16)10-3-5-11(14)6-4-10;/h3-6,15-16H,7-9H2,1-2H3;1H/t13-;/m0./s1. The monoisotopic (exact) mass is 275 g/mol. The van der Waals surface area contributed by atoms with Crippen LogP contribution in [-0.2, 0) is 5.60 Å². The minimum absolute atomic E-state index is 0. The van der Waals surface area contributed by atoms with Crippen LogP contribution in [0.5, 0.6) is 0 Å². The molecule has 0 radical (unpaired) electrons. The van der Waals surface area contributed by atoms with Crippen LogP contribution < -0.4 is 5.32 Å². The smallest absolute Gasteiger partial charge is 0.0971 e. The fraction of sp³-hybridized carbons (Fsp3) is 0.538. The normalized spacial score (nSPS) is 27.3. The maximum atomic E-state index is 10.9. The van der Waals surface area contributed by atoms with Crippen LogP contribution >= 0.6 is 24.0 Å². The lowest BCUT2D eigenvalue weighted by Gasteiger charge is -2.47. The van der Waals surface area contributed by atoms with Crippen LogP contribution in [0.4, 0.5) is 0 Å². The number of benzene rings is 1. The minimum Gasteiger partial charge on any atom is -0.385 e. The Balaban J connectivity index is 0.00000144. The summed E-state index contributed by atoms with van der Waals surface area (Å²) < 4.78 is 0. The number of hydrogen-bond acceptors (Lipinski definition) is 2. The van der Waals surface area contributed by atoms with E-state index in [9.17, 15) is 5.11 Å². The van der Waals surface area contributed by atoms with Crippen LogP contribution in [-0.4, -0.2) is 18.2 Å². The van der Waals surface area contributed by atoms with E-state index < -0.39 is 5.60 Å². The van der Waals surface area contributed by atoms with Gasteiger partial charge in [0.15, 0.2) is 0 Å². The second-order valence-corrected chi connectivity index (χ2v) is 5.61. The summed E-state index contributed by atoms with van der Waals surface area (Å²) in [5.74, 6) is 0. The first-order chi connectivity index (χ1) is 7.46. The van der Waals surface area contributed by atoms with Crippen LogP contribution in [0, 0.1) is 5.41 Å². The molecule has 1 aliphatic rings. The van der Waals surface area contributed by atoms with E-state index >= 15 is 0 Å². The minimum atomic E-state index is -0.761. The van der Waals surface area contributed by atoms with Crippen molar-refractivity contribution in [1.82, 2.24) is 5.32 Å². The number of rotatable bonds is 1. The molecule has 0 amide bonds. The first kappa shape index (κ1) is 14.8. The lowest BCUT2D eigenvalue weighted by molar-refractivity contribution is -0.0944. The zero-order chi connectivity index (χ0) is 11.8. The Kier molecular flexibility index (Phi) is 4.48. The van der Waals surface area contributed by atoms with Gasteiger partial charge in [-0.05, 0) is 30.7 Å². The largest absolute Gasteiger partial charge is 0.385 e. The van der Waals surface area contributed by atoms with Gasteiger partial charge in [0.25, 0.3) is 0 Å². The van der Waals surface area contributed by atoms with E-state index in [1.54, 1.807) is 0 Å². The van der Waals surface area contributed by atoms with Crippen molar-refractivity contribution < 1.29 is 5.11 Å². The first-order valence-corrected chi connectivity index (χ1v) is 6.03. The fourth-order valence-electron chi connectivity index (χ4n) is 2.42. The highest BCUT2D eigenvalue weighted by Crippen LogP contribution is 2.43. The van der Waals surface area contributed by atoms with Crippen molar-refractivity contribution in [2.75, 3.05) is 13.1 Å². The molecule has 1 atom stereocenters. The molecule has 1 heterocycles. The number of nitrogens with one attached hydrogen (secondary N) is 1. The molecule has 2 rings (SSSR count). The van der Waals surface area contributed by atoms with Gasteiger partial charge in [0.2, 0.25) is 0 Å². The van der Waals surface area contributed by atoms with Crippen molar-refractivity contribution in [3.8, 4) is 0 Å². The summed E-state index contributed by atoms with van der Waals surface area (Å²) in [7, 11) is 0. The Morgan fingerprint density at radius 2 is 1.82 bits per heavy atom. The Labute approximate surface area is 114 Å². The van der Waals surface area contributed by atoms with Crippen molar-refractivity contribution in [1.29, 1.82) is 0 Å². The van der Waals surface area contributed by atoms with Crippen molar-refractivity contribution in [2.24, 2.45) is 5.41 Å². The number of piperidine rings is 1. The van der Waals surface area contributed by atoms with E-state index in [4.69, 9.17) is 11.6 Å². The maximum absolute atomic E-state index is 10.9. The molecule has 0 spiro atoms. The Morgan fingerprint density at radius 3 is 2.35 bits per heavy atom. The molecular formula is C13H19Cl2NO. The van der Waals surface area contributed by atoms with Gasteiger partial charge in [0, 0.05) is 17.0 Å². The number of halogens is 2. The second kappa shape index (κ2) is 5.15. The van der Waals surface area contributed by atoms with Gasteiger partial charge < -0.3 is 10.4 Å². The fourth-order valence-corrected chi connectivity index (χ4v) is 2.54.